The molecule has 34 heavy (non-hydrogen) atoms. The van der Waals surface area contributed by atoms with Crippen molar-refractivity contribution in [2.75, 3.05) is 70.4 Å². The standard InChI is InChI=1S/C26H31FN4O3/c27-22-5-7-23(8-6-22)30-13-15-31(16-14-30)26(32)33-18-17-28-9-11-29(12-10-28)20-24-19-21-3-1-2-4-25(21)34-24/h1-8,19H,9-18,20H2. The number of amides is 1. The molecule has 1 aromatic heterocycles. The molecule has 0 bridgehead atoms. The molecule has 7 nitrogen and oxygen atoms in total. The summed E-state index contributed by atoms with van der Waals surface area (Å²) in [5.41, 5.74) is 1.92. The van der Waals surface area contributed by atoms with E-state index < -0.39 is 0 Å². The first kappa shape index (κ1) is 22.7. The van der Waals surface area contributed by atoms with Crippen molar-refractivity contribution in [1.29, 1.82) is 0 Å². The zero-order valence-electron chi connectivity index (χ0n) is 19.4. The third-order valence-corrected chi connectivity index (χ3v) is 6.68. The van der Waals surface area contributed by atoms with E-state index in [2.05, 4.69) is 26.8 Å². The fraction of sp³-hybridized carbons (Fsp3) is 0.423. The van der Waals surface area contributed by atoms with Gasteiger partial charge in [-0.05, 0) is 36.4 Å². The number of fused-ring (bicyclic) bond motifs is 1. The number of ether oxygens (including phenoxy) is 1. The Hall–Kier alpha value is -3.10. The van der Waals surface area contributed by atoms with Crippen molar-refractivity contribution >= 4 is 22.7 Å². The Bertz CT molecular complexity index is 1050. The summed E-state index contributed by atoms with van der Waals surface area (Å²) < 4.78 is 24.6. The molecule has 8 heteroatoms. The van der Waals surface area contributed by atoms with Gasteiger partial charge in [0.05, 0.1) is 6.54 Å². The average molecular weight is 467 g/mol. The van der Waals surface area contributed by atoms with Crippen LogP contribution in [0.5, 0.6) is 0 Å². The second-order valence-corrected chi connectivity index (χ2v) is 8.93. The third-order valence-electron chi connectivity index (χ3n) is 6.68. The second-order valence-electron chi connectivity index (χ2n) is 8.93. The normalized spacial score (nSPS) is 17.9. The van der Waals surface area contributed by atoms with Crippen molar-refractivity contribution in [3.8, 4) is 0 Å². The van der Waals surface area contributed by atoms with Crippen molar-refractivity contribution < 1.29 is 18.3 Å². The lowest BCUT2D eigenvalue weighted by atomic mass is 10.2. The molecule has 2 aliphatic rings. The molecule has 2 saturated heterocycles. The van der Waals surface area contributed by atoms with Crippen LogP contribution in [-0.2, 0) is 11.3 Å². The number of furan rings is 1. The van der Waals surface area contributed by atoms with E-state index >= 15 is 0 Å². The lowest BCUT2D eigenvalue weighted by molar-refractivity contribution is 0.0713. The quantitative estimate of drug-likeness (QED) is 0.553. The smallest absolute Gasteiger partial charge is 0.409 e. The van der Waals surface area contributed by atoms with Gasteiger partial charge in [-0.25, -0.2) is 9.18 Å². The van der Waals surface area contributed by atoms with Gasteiger partial charge in [0.15, 0.2) is 0 Å². The van der Waals surface area contributed by atoms with Crippen LogP contribution < -0.4 is 4.90 Å². The summed E-state index contributed by atoms with van der Waals surface area (Å²) >= 11 is 0. The van der Waals surface area contributed by atoms with E-state index in [1.165, 1.54) is 12.1 Å². The van der Waals surface area contributed by atoms with Crippen LogP contribution in [0, 0.1) is 5.82 Å². The lowest BCUT2D eigenvalue weighted by Gasteiger charge is -2.36. The topological polar surface area (TPSA) is 52.4 Å². The van der Waals surface area contributed by atoms with Crippen LogP contribution in [0.15, 0.2) is 59.0 Å². The van der Waals surface area contributed by atoms with Gasteiger partial charge in [-0.3, -0.25) is 9.80 Å². The summed E-state index contributed by atoms with van der Waals surface area (Å²) in [4.78, 5) is 21.1. The first-order chi connectivity index (χ1) is 16.6. The first-order valence-corrected chi connectivity index (χ1v) is 12.0. The molecule has 3 heterocycles. The number of rotatable bonds is 6. The SMILES string of the molecule is O=C(OCCN1CCN(Cc2cc3ccccc3o2)CC1)N1CCN(c2ccc(F)cc2)CC1. The number of carbonyl (C=O) groups is 1. The Labute approximate surface area is 199 Å². The largest absolute Gasteiger partial charge is 0.460 e. The molecule has 0 N–H and O–H groups in total. The summed E-state index contributed by atoms with van der Waals surface area (Å²) in [5.74, 6) is 0.765. The number of carbonyl (C=O) groups excluding carboxylic acids is 1. The Morgan fingerprint density at radius 3 is 2.32 bits per heavy atom. The van der Waals surface area contributed by atoms with Gasteiger partial charge >= 0.3 is 6.09 Å². The van der Waals surface area contributed by atoms with E-state index in [1.807, 2.05) is 18.2 Å². The zero-order chi connectivity index (χ0) is 23.3. The van der Waals surface area contributed by atoms with Crippen molar-refractivity contribution in [3.05, 3.63) is 66.2 Å². The van der Waals surface area contributed by atoms with Crippen molar-refractivity contribution in [3.63, 3.8) is 0 Å². The van der Waals surface area contributed by atoms with E-state index in [-0.39, 0.29) is 11.9 Å². The summed E-state index contributed by atoms with van der Waals surface area (Å²) in [5, 5.41) is 1.15. The van der Waals surface area contributed by atoms with Gasteiger partial charge in [-0.2, -0.15) is 0 Å². The highest BCUT2D eigenvalue weighted by atomic mass is 19.1. The first-order valence-electron chi connectivity index (χ1n) is 12.0. The molecule has 0 atom stereocenters. The maximum absolute atomic E-state index is 13.1. The summed E-state index contributed by atoms with van der Waals surface area (Å²) in [6.07, 6.45) is -0.248. The molecule has 2 fully saturated rings. The molecule has 1 amide bonds. The van der Waals surface area contributed by atoms with Gasteiger partial charge in [-0.1, -0.05) is 18.2 Å². The second kappa shape index (κ2) is 10.4. The molecule has 0 radical (unpaired) electrons. The number of anilines is 1. The van der Waals surface area contributed by atoms with Gasteiger partial charge in [-0.15, -0.1) is 0 Å². The Morgan fingerprint density at radius 2 is 1.59 bits per heavy atom. The van der Waals surface area contributed by atoms with E-state index in [4.69, 9.17) is 9.15 Å². The molecular formula is C26H31FN4O3. The summed E-state index contributed by atoms with van der Waals surface area (Å²) in [6.45, 7) is 8.46. The number of halogens is 1. The molecule has 3 aromatic rings. The van der Waals surface area contributed by atoms with Crippen LogP contribution in [0.4, 0.5) is 14.9 Å². The molecule has 0 saturated carbocycles. The predicted octanol–water partition coefficient (Wildman–Crippen LogP) is 3.65. The van der Waals surface area contributed by atoms with Crippen LogP contribution in [0.1, 0.15) is 5.76 Å². The molecule has 2 aliphatic heterocycles. The third kappa shape index (κ3) is 5.51. The van der Waals surface area contributed by atoms with Gasteiger partial charge in [0.25, 0.3) is 0 Å². The number of nitrogens with zero attached hydrogens (tertiary/aromatic N) is 4. The van der Waals surface area contributed by atoms with E-state index in [1.54, 1.807) is 17.0 Å². The van der Waals surface area contributed by atoms with E-state index in [0.717, 1.165) is 61.7 Å². The molecule has 0 aliphatic carbocycles. The summed E-state index contributed by atoms with van der Waals surface area (Å²) in [6, 6.07) is 16.7. The monoisotopic (exact) mass is 466 g/mol. The Kier molecular flexibility index (Phi) is 6.97. The number of para-hydroxylation sites is 1. The molecular weight excluding hydrogens is 435 g/mol. The van der Waals surface area contributed by atoms with Crippen LogP contribution in [0.3, 0.4) is 0 Å². The maximum Gasteiger partial charge on any atom is 0.409 e. The average Bonchev–Trinajstić information content (AvgIpc) is 3.28. The van der Waals surface area contributed by atoms with Crippen LogP contribution in [0.2, 0.25) is 0 Å². The minimum Gasteiger partial charge on any atom is -0.460 e. The molecule has 5 rings (SSSR count). The maximum atomic E-state index is 13.1. The van der Waals surface area contributed by atoms with Crippen molar-refractivity contribution in [2.45, 2.75) is 6.54 Å². The molecule has 2 aromatic carbocycles. The highest BCUT2D eigenvalue weighted by molar-refractivity contribution is 5.77. The molecule has 0 spiro atoms. The zero-order valence-corrected chi connectivity index (χ0v) is 19.4. The van der Waals surface area contributed by atoms with E-state index in [9.17, 15) is 9.18 Å². The van der Waals surface area contributed by atoms with Gasteiger partial charge < -0.3 is 19.0 Å². The summed E-state index contributed by atoms with van der Waals surface area (Å²) in [7, 11) is 0. The lowest BCUT2D eigenvalue weighted by Crippen LogP contribution is -2.50. The van der Waals surface area contributed by atoms with Crippen molar-refractivity contribution in [2.24, 2.45) is 0 Å². The Morgan fingerprint density at radius 1 is 0.882 bits per heavy atom. The number of piperazine rings is 2. The number of benzene rings is 2. The number of hydrogen-bond acceptors (Lipinski definition) is 6. The number of hydrogen-bond donors (Lipinski definition) is 0. The van der Waals surface area contributed by atoms with E-state index in [0.29, 0.717) is 32.8 Å². The fourth-order valence-corrected chi connectivity index (χ4v) is 4.66. The van der Waals surface area contributed by atoms with Gasteiger partial charge in [0.2, 0.25) is 0 Å². The minimum absolute atomic E-state index is 0.237. The Balaban J connectivity index is 0.986. The van der Waals surface area contributed by atoms with Crippen LogP contribution in [-0.4, -0.2) is 86.3 Å². The van der Waals surface area contributed by atoms with Gasteiger partial charge in [0.1, 0.15) is 23.8 Å². The highest BCUT2D eigenvalue weighted by Gasteiger charge is 2.23. The molecule has 0 unspecified atom stereocenters. The predicted molar refractivity (Wildman–Crippen MR) is 129 cm³/mol. The van der Waals surface area contributed by atoms with Crippen LogP contribution in [0.25, 0.3) is 11.0 Å². The van der Waals surface area contributed by atoms with Crippen LogP contribution >= 0.6 is 0 Å². The van der Waals surface area contributed by atoms with Gasteiger partial charge in [0, 0.05) is 70.0 Å². The minimum atomic E-state index is -0.248. The molecule has 180 valence electrons. The van der Waals surface area contributed by atoms with Crippen molar-refractivity contribution in [1.82, 2.24) is 14.7 Å². The fourth-order valence-electron chi connectivity index (χ4n) is 4.66. The highest BCUT2D eigenvalue weighted by Crippen LogP contribution is 2.21.